The first-order chi connectivity index (χ1) is 18.5. The zero-order valence-corrected chi connectivity index (χ0v) is 22.0. The number of amides is 1. The summed E-state index contributed by atoms with van der Waals surface area (Å²) in [7, 11) is 0. The van der Waals surface area contributed by atoms with Crippen LogP contribution in [0.25, 0.3) is 27.9 Å². The number of aryl methyl sites for hydroxylation is 2. The van der Waals surface area contributed by atoms with Gasteiger partial charge in [0.25, 0.3) is 5.91 Å². The number of para-hydroxylation sites is 1. The number of carbonyl (C=O) groups is 1. The van der Waals surface area contributed by atoms with Crippen LogP contribution in [0.1, 0.15) is 49.8 Å². The van der Waals surface area contributed by atoms with Gasteiger partial charge in [-0.1, -0.05) is 66.7 Å². The Bertz CT molecular complexity index is 1790. The van der Waals surface area contributed by atoms with E-state index in [2.05, 4.69) is 73.0 Å². The van der Waals surface area contributed by atoms with E-state index in [1.165, 1.54) is 11.1 Å². The van der Waals surface area contributed by atoms with Crippen molar-refractivity contribution in [2.45, 2.75) is 32.3 Å². The molecule has 0 N–H and O–H groups in total. The Kier molecular flexibility index (Phi) is 6.02. The molecule has 0 radical (unpaired) electrons. The van der Waals surface area contributed by atoms with Gasteiger partial charge in [0, 0.05) is 46.0 Å². The van der Waals surface area contributed by atoms with E-state index in [-0.39, 0.29) is 11.8 Å². The Hall–Kier alpha value is -4.33. The van der Waals surface area contributed by atoms with Gasteiger partial charge in [-0.2, -0.15) is 5.26 Å². The summed E-state index contributed by atoms with van der Waals surface area (Å²) < 4.78 is 2.38. The van der Waals surface area contributed by atoms with E-state index in [1.807, 2.05) is 30.3 Å². The van der Waals surface area contributed by atoms with Gasteiger partial charge < -0.3 is 4.57 Å². The molecule has 5 aromatic rings. The first-order valence-electron chi connectivity index (χ1n) is 12.7. The summed E-state index contributed by atoms with van der Waals surface area (Å²) in [6.07, 6.45) is 3.74. The Morgan fingerprint density at radius 2 is 1.66 bits per heavy atom. The van der Waals surface area contributed by atoms with E-state index in [0.29, 0.717) is 5.56 Å². The molecule has 1 aliphatic heterocycles. The monoisotopic (exact) mass is 515 g/mol. The van der Waals surface area contributed by atoms with Crippen molar-refractivity contribution >= 4 is 45.4 Å². The summed E-state index contributed by atoms with van der Waals surface area (Å²) in [5.74, 6) is 0.00537. The third-order valence-electron chi connectivity index (χ3n) is 7.68. The Morgan fingerprint density at radius 1 is 0.947 bits per heavy atom. The molecule has 1 atom stereocenters. The first kappa shape index (κ1) is 24.0. The second kappa shape index (κ2) is 9.52. The minimum Gasteiger partial charge on any atom is -0.336 e. The van der Waals surface area contributed by atoms with Crippen LogP contribution in [-0.2, 0) is 12.4 Å². The first-order valence-corrected chi connectivity index (χ1v) is 13.2. The highest BCUT2D eigenvalue weighted by Crippen LogP contribution is 2.43. The van der Waals surface area contributed by atoms with Crippen molar-refractivity contribution in [1.29, 1.82) is 5.26 Å². The summed E-state index contributed by atoms with van der Waals surface area (Å²) in [4.78, 5) is 15.2. The van der Waals surface area contributed by atoms with Crippen LogP contribution in [0.15, 0.2) is 85.1 Å². The summed E-state index contributed by atoms with van der Waals surface area (Å²) >= 11 is 6.14. The fourth-order valence-corrected chi connectivity index (χ4v) is 6.15. The highest BCUT2D eigenvalue weighted by atomic mass is 35.5. The molecule has 1 unspecified atom stereocenters. The van der Waals surface area contributed by atoms with E-state index in [0.717, 1.165) is 50.7 Å². The van der Waals surface area contributed by atoms with Crippen LogP contribution in [0.3, 0.4) is 0 Å². The van der Waals surface area contributed by atoms with Crippen molar-refractivity contribution in [1.82, 2.24) is 9.47 Å². The lowest BCUT2D eigenvalue weighted by molar-refractivity contribution is 0.0793. The van der Waals surface area contributed by atoms with Crippen LogP contribution in [-0.4, -0.2) is 15.4 Å². The molecule has 0 aliphatic carbocycles. The minimum atomic E-state index is -0.745. The predicted molar refractivity (Wildman–Crippen MR) is 154 cm³/mol. The lowest BCUT2D eigenvalue weighted by Crippen LogP contribution is -2.33. The Balaban J connectivity index is 1.58. The van der Waals surface area contributed by atoms with Gasteiger partial charge in [-0.05, 0) is 59.9 Å². The second-order valence-corrected chi connectivity index (χ2v) is 10.0. The number of benzene rings is 4. The van der Waals surface area contributed by atoms with Gasteiger partial charge in [0.15, 0.2) is 0 Å². The molecule has 38 heavy (non-hydrogen) atoms. The van der Waals surface area contributed by atoms with Crippen molar-refractivity contribution in [3.05, 3.63) is 124 Å². The maximum Gasteiger partial charge on any atom is 0.259 e. The van der Waals surface area contributed by atoms with E-state index in [4.69, 9.17) is 11.6 Å². The fourth-order valence-electron chi connectivity index (χ4n) is 5.91. The molecule has 6 rings (SSSR count). The molecule has 4 nitrogen and oxygen atoms in total. The normalized spacial score (nSPS) is 14.6. The zero-order chi connectivity index (χ0) is 26.4. The van der Waals surface area contributed by atoms with Gasteiger partial charge in [0.1, 0.15) is 6.04 Å². The Morgan fingerprint density at radius 3 is 2.42 bits per heavy atom. The maximum atomic E-state index is 13.7. The summed E-state index contributed by atoms with van der Waals surface area (Å²) in [5, 5.41) is 12.7. The van der Waals surface area contributed by atoms with Crippen molar-refractivity contribution < 1.29 is 4.79 Å². The molecule has 0 spiro atoms. The average molecular weight is 516 g/mol. The number of halogens is 1. The standard InChI is InChI=1S/C33H26ClN3O/c1-21-25-16-17-36(33(38)26-13-7-6-12-24(26)18-34)29(19-35)30(25)22(2)31-27-14-8-9-15-28(27)37(32(21)31)20-23-10-4-3-5-11-23/h3-17,29H,18,20H2,1-2H3. The smallest absolute Gasteiger partial charge is 0.259 e. The van der Waals surface area contributed by atoms with E-state index in [1.54, 1.807) is 17.2 Å². The molecule has 5 heteroatoms. The Labute approximate surface area is 227 Å². The molecule has 1 aromatic heterocycles. The molecule has 186 valence electrons. The number of alkyl halides is 1. The van der Waals surface area contributed by atoms with Crippen molar-refractivity contribution in [3.8, 4) is 6.07 Å². The van der Waals surface area contributed by atoms with Gasteiger partial charge in [-0.3, -0.25) is 9.69 Å². The van der Waals surface area contributed by atoms with Crippen LogP contribution >= 0.6 is 11.6 Å². The topological polar surface area (TPSA) is 49.0 Å². The van der Waals surface area contributed by atoms with Gasteiger partial charge in [-0.15, -0.1) is 11.6 Å². The average Bonchev–Trinajstić information content (AvgIpc) is 3.29. The zero-order valence-electron chi connectivity index (χ0n) is 21.3. The van der Waals surface area contributed by atoms with Crippen LogP contribution in [0.2, 0.25) is 0 Å². The largest absolute Gasteiger partial charge is 0.336 e. The molecule has 4 aromatic carbocycles. The molecule has 0 bridgehead atoms. The lowest BCUT2D eigenvalue weighted by atomic mass is 9.86. The lowest BCUT2D eigenvalue weighted by Gasteiger charge is -2.32. The minimum absolute atomic E-state index is 0.224. The quantitative estimate of drug-likeness (QED) is 0.228. The van der Waals surface area contributed by atoms with Gasteiger partial charge in [-0.25, -0.2) is 0 Å². The van der Waals surface area contributed by atoms with Gasteiger partial charge in [0.05, 0.1) is 11.6 Å². The van der Waals surface area contributed by atoms with Crippen molar-refractivity contribution in [3.63, 3.8) is 0 Å². The number of carbonyl (C=O) groups excluding carboxylic acids is 1. The predicted octanol–water partition coefficient (Wildman–Crippen LogP) is 7.89. The van der Waals surface area contributed by atoms with E-state index < -0.39 is 6.04 Å². The van der Waals surface area contributed by atoms with Crippen LogP contribution < -0.4 is 0 Å². The summed E-state index contributed by atoms with van der Waals surface area (Å²) in [5.41, 5.74) is 8.85. The third-order valence-corrected chi connectivity index (χ3v) is 7.97. The molecular formula is C33H26ClN3O. The number of hydrogen-bond acceptors (Lipinski definition) is 2. The molecule has 0 saturated heterocycles. The van der Waals surface area contributed by atoms with Gasteiger partial charge >= 0.3 is 0 Å². The van der Waals surface area contributed by atoms with Crippen LogP contribution in [0.4, 0.5) is 0 Å². The number of nitriles is 1. The highest BCUT2D eigenvalue weighted by Gasteiger charge is 2.33. The number of aromatic nitrogens is 1. The van der Waals surface area contributed by atoms with Gasteiger partial charge in [0.2, 0.25) is 0 Å². The van der Waals surface area contributed by atoms with E-state index >= 15 is 0 Å². The second-order valence-electron chi connectivity index (χ2n) is 9.74. The molecule has 1 aliphatic rings. The SMILES string of the molecule is Cc1c2c(c(C)c3c1c1ccccc1n3Cc1ccccc1)C=CN(C(=O)c1ccccc1CCl)C2C#N. The fraction of sp³-hybridized carbons (Fsp3) is 0.152. The summed E-state index contributed by atoms with van der Waals surface area (Å²) in [6.45, 7) is 4.95. The number of fused-ring (bicyclic) bond motifs is 4. The molecule has 0 fully saturated rings. The van der Waals surface area contributed by atoms with Crippen LogP contribution in [0.5, 0.6) is 0 Å². The third kappa shape index (κ3) is 3.62. The molecule has 2 heterocycles. The highest BCUT2D eigenvalue weighted by molar-refractivity contribution is 6.18. The number of hydrogen-bond donors (Lipinski definition) is 0. The maximum absolute atomic E-state index is 13.7. The number of rotatable bonds is 4. The molecule has 0 saturated carbocycles. The number of nitrogens with zero attached hydrogens (tertiary/aromatic N) is 3. The van der Waals surface area contributed by atoms with Crippen LogP contribution in [0, 0.1) is 25.2 Å². The molecule has 1 amide bonds. The summed E-state index contributed by atoms with van der Waals surface area (Å²) in [6, 6.07) is 27.9. The van der Waals surface area contributed by atoms with Crippen molar-refractivity contribution in [2.24, 2.45) is 0 Å². The van der Waals surface area contributed by atoms with Crippen molar-refractivity contribution in [2.75, 3.05) is 0 Å². The van der Waals surface area contributed by atoms with E-state index in [9.17, 15) is 10.1 Å². The molecular weight excluding hydrogens is 490 g/mol.